The fourth-order valence-electron chi connectivity index (χ4n) is 4.15. The van der Waals surface area contributed by atoms with Gasteiger partial charge in [-0.2, -0.15) is 0 Å². The van der Waals surface area contributed by atoms with Gasteiger partial charge in [-0.15, -0.1) is 0 Å². The van der Waals surface area contributed by atoms with Gasteiger partial charge in [0.1, 0.15) is 12.1 Å². The van der Waals surface area contributed by atoms with Gasteiger partial charge in [0.25, 0.3) is 5.91 Å². The first kappa shape index (κ1) is 20.6. The van der Waals surface area contributed by atoms with Gasteiger partial charge in [-0.3, -0.25) is 14.4 Å². The molecule has 0 aromatic heterocycles. The molecule has 31 heavy (non-hydrogen) atoms. The minimum Gasteiger partial charge on any atom is -0.357 e. The van der Waals surface area contributed by atoms with Crippen LogP contribution in [-0.2, 0) is 27.3 Å². The molecule has 0 bridgehead atoms. The van der Waals surface area contributed by atoms with E-state index in [2.05, 4.69) is 10.6 Å². The topological polar surface area (TPSA) is 98.8 Å². The fraction of sp³-hybridized carbons (Fsp3) is 0.304. The Morgan fingerprint density at radius 3 is 2.42 bits per heavy atom. The molecule has 8 nitrogen and oxygen atoms in total. The second-order valence-electron chi connectivity index (χ2n) is 7.67. The van der Waals surface area contributed by atoms with E-state index in [0.717, 1.165) is 16.0 Å². The van der Waals surface area contributed by atoms with Crippen molar-refractivity contribution in [3.8, 4) is 0 Å². The molecule has 0 aliphatic carbocycles. The Hall–Kier alpha value is -3.68. The third kappa shape index (κ3) is 4.01. The van der Waals surface area contributed by atoms with Gasteiger partial charge < -0.3 is 15.5 Å². The summed E-state index contributed by atoms with van der Waals surface area (Å²) in [5.41, 5.74) is 2.56. The molecule has 2 aliphatic heterocycles. The SMILES string of the molecule is CNC(=O)C1Cc2ccccc2CN1C(=O)CCC1NC(=O)N(c2ccccc2)C1=O. The van der Waals surface area contributed by atoms with E-state index >= 15 is 0 Å². The summed E-state index contributed by atoms with van der Waals surface area (Å²) in [5.74, 6) is -0.817. The fourth-order valence-corrected chi connectivity index (χ4v) is 4.15. The summed E-state index contributed by atoms with van der Waals surface area (Å²) in [6.07, 6.45) is 0.669. The molecule has 2 heterocycles. The quantitative estimate of drug-likeness (QED) is 0.718. The van der Waals surface area contributed by atoms with Crippen molar-refractivity contribution < 1.29 is 19.2 Å². The van der Waals surface area contributed by atoms with Gasteiger partial charge in [0.15, 0.2) is 0 Å². The van der Waals surface area contributed by atoms with Crippen LogP contribution in [0.3, 0.4) is 0 Å². The lowest BCUT2D eigenvalue weighted by molar-refractivity contribution is -0.141. The van der Waals surface area contributed by atoms with Crippen LogP contribution in [0.15, 0.2) is 54.6 Å². The Balaban J connectivity index is 1.45. The number of benzene rings is 2. The van der Waals surface area contributed by atoms with E-state index < -0.39 is 18.1 Å². The molecule has 0 spiro atoms. The van der Waals surface area contributed by atoms with Crippen LogP contribution in [0, 0.1) is 0 Å². The molecule has 0 radical (unpaired) electrons. The molecule has 1 saturated heterocycles. The summed E-state index contributed by atoms with van der Waals surface area (Å²) in [4.78, 5) is 53.2. The van der Waals surface area contributed by atoms with Gasteiger partial charge in [0, 0.05) is 26.4 Å². The number of hydrogen-bond donors (Lipinski definition) is 2. The van der Waals surface area contributed by atoms with Crippen LogP contribution in [0.1, 0.15) is 24.0 Å². The predicted molar refractivity (Wildman–Crippen MR) is 114 cm³/mol. The average molecular weight is 420 g/mol. The number of urea groups is 1. The summed E-state index contributed by atoms with van der Waals surface area (Å²) in [7, 11) is 1.55. The monoisotopic (exact) mass is 420 g/mol. The third-order valence-electron chi connectivity index (χ3n) is 5.80. The molecule has 8 heteroatoms. The highest BCUT2D eigenvalue weighted by Crippen LogP contribution is 2.25. The minimum atomic E-state index is -0.771. The number of nitrogens with zero attached hydrogens (tertiary/aromatic N) is 2. The van der Waals surface area contributed by atoms with Gasteiger partial charge in [-0.1, -0.05) is 42.5 Å². The zero-order chi connectivity index (χ0) is 22.0. The Labute approximate surface area is 180 Å². The second-order valence-corrected chi connectivity index (χ2v) is 7.67. The van der Waals surface area contributed by atoms with Crippen molar-refractivity contribution in [3.05, 3.63) is 65.7 Å². The lowest BCUT2D eigenvalue weighted by Gasteiger charge is -2.36. The Morgan fingerprint density at radius 2 is 1.71 bits per heavy atom. The lowest BCUT2D eigenvalue weighted by atomic mass is 9.93. The maximum atomic E-state index is 13.0. The van der Waals surface area contributed by atoms with Crippen molar-refractivity contribution in [1.29, 1.82) is 0 Å². The highest BCUT2D eigenvalue weighted by molar-refractivity contribution is 6.21. The van der Waals surface area contributed by atoms with E-state index in [4.69, 9.17) is 0 Å². The summed E-state index contributed by atoms with van der Waals surface area (Å²) in [6, 6.07) is 14.6. The number of imide groups is 1. The van der Waals surface area contributed by atoms with Crippen molar-refractivity contribution in [2.45, 2.75) is 37.9 Å². The summed E-state index contributed by atoms with van der Waals surface area (Å²) in [6.45, 7) is 0.341. The van der Waals surface area contributed by atoms with E-state index in [-0.39, 0.29) is 30.6 Å². The van der Waals surface area contributed by atoms with Crippen molar-refractivity contribution in [3.63, 3.8) is 0 Å². The number of para-hydroxylation sites is 1. The maximum absolute atomic E-state index is 13.0. The van der Waals surface area contributed by atoms with Gasteiger partial charge in [-0.05, 0) is 29.7 Å². The number of hydrogen-bond acceptors (Lipinski definition) is 4. The van der Waals surface area contributed by atoms with E-state index in [1.54, 1.807) is 42.3 Å². The van der Waals surface area contributed by atoms with Gasteiger partial charge in [0.2, 0.25) is 11.8 Å². The average Bonchev–Trinajstić information content (AvgIpc) is 3.09. The predicted octanol–water partition coefficient (Wildman–Crippen LogP) is 1.59. The number of nitrogens with one attached hydrogen (secondary N) is 2. The van der Waals surface area contributed by atoms with Crippen molar-refractivity contribution in [2.75, 3.05) is 11.9 Å². The van der Waals surface area contributed by atoms with E-state index in [1.165, 1.54) is 0 Å². The first-order valence-corrected chi connectivity index (χ1v) is 10.3. The Morgan fingerprint density at radius 1 is 1.03 bits per heavy atom. The summed E-state index contributed by atoms with van der Waals surface area (Å²) < 4.78 is 0. The van der Waals surface area contributed by atoms with Crippen LogP contribution in [-0.4, -0.2) is 47.8 Å². The number of amides is 5. The van der Waals surface area contributed by atoms with Crippen LogP contribution in [0.25, 0.3) is 0 Å². The highest BCUT2D eigenvalue weighted by atomic mass is 16.2. The lowest BCUT2D eigenvalue weighted by Crippen LogP contribution is -2.52. The van der Waals surface area contributed by atoms with Crippen LogP contribution in [0.2, 0.25) is 0 Å². The standard InChI is InChI=1S/C23H24N4O4/c1-24-21(29)19-13-15-7-5-6-8-16(15)14-26(19)20(28)12-11-18-22(30)27(23(31)25-18)17-9-3-2-4-10-17/h2-10,18-19H,11-14H2,1H3,(H,24,29)(H,25,31). The number of rotatable bonds is 5. The molecule has 5 amide bonds. The molecule has 2 aromatic carbocycles. The number of carbonyl (C=O) groups is 4. The van der Waals surface area contributed by atoms with Gasteiger partial charge in [-0.25, -0.2) is 9.69 Å². The second kappa shape index (κ2) is 8.59. The van der Waals surface area contributed by atoms with Crippen LogP contribution >= 0.6 is 0 Å². The molecule has 2 N–H and O–H groups in total. The largest absolute Gasteiger partial charge is 0.357 e. The molecular formula is C23H24N4O4. The molecule has 0 saturated carbocycles. The maximum Gasteiger partial charge on any atom is 0.329 e. The van der Waals surface area contributed by atoms with Crippen molar-refractivity contribution >= 4 is 29.4 Å². The highest BCUT2D eigenvalue weighted by Gasteiger charge is 2.40. The first-order valence-electron chi connectivity index (χ1n) is 10.3. The van der Waals surface area contributed by atoms with Crippen LogP contribution in [0.5, 0.6) is 0 Å². The summed E-state index contributed by atoms with van der Waals surface area (Å²) >= 11 is 0. The molecule has 2 unspecified atom stereocenters. The molecule has 1 fully saturated rings. The van der Waals surface area contributed by atoms with Crippen molar-refractivity contribution in [1.82, 2.24) is 15.5 Å². The smallest absolute Gasteiger partial charge is 0.329 e. The summed E-state index contributed by atoms with van der Waals surface area (Å²) in [5, 5.41) is 5.29. The zero-order valence-electron chi connectivity index (χ0n) is 17.2. The number of likely N-dealkylation sites (N-methyl/N-ethyl adjacent to an activating group) is 1. The Bertz CT molecular complexity index is 1020. The van der Waals surface area contributed by atoms with Gasteiger partial charge in [0.05, 0.1) is 5.69 Å². The first-order chi connectivity index (χ1) is 15.0. The number of fused-ring (bicyclic) bond motifs is 1. The Kier molecular flexibility index (Phi) is 5.70. The van der Waals surface area contributed by atoms with Crippen molar-refractivity contribution in [2.24, 2.45) is 0 Å². The van der Waals surface area contributed by atoms with Gasteiger partial charge >= 0.3 is 6.03 Å². The molecular weight excluding hydrogens is 396 g/mol. The van der Waals surface area contributed by atoms with E-state index in [0.29, 0.717) is 18.7 Å². The molecule has 4 rings (SSSR count). The van der Waals surface area contributed by atoms with Crippen LogP contribution < -0.4 is 15.5 Å². The molecule has 2 aromatic rings. The third-order valence-corrected chi connectivity index (χ3v) is 5.80. The molecule has 2 atom stereocenters. The van der Waals surface area contributed by atoms with Crippen LogP contribution in [0.4, 0.5) is 10.5 Å². The molecule has 2 aliphatic rings. The normalized spacial score (nSPS) is 20.3. The van der Waals surface area contributed by atoms with E-state index in [1.807, 2.05) is 24.3 Å². The van der Waals surface area contributed by atoms with E-state index in [9.17, 15) is 19.2 Å². The number of anilines is 1. The number of carbonyl (C=O) groups excluding carboxylic acids is 4. The molecule has 160 valence electrons. The zero-order valence-corrected chi connectivity index (χ0v) is 17.2. The minimum absolute atomic E-state index is 0.0506.